The van der Waals surface area contributed by atoms with Gasteiger partial charge in [0.2, 0.25) is 0 Å². The number of benzene rings is 1. The molecule has 0 bridgehead atoms. The summed E-state index contributed by atoms with van der Waals surface area (Å²) in [5, 5.41) is 3.10. The molecule has 5 heteroatoms. The van der Waals surface area contributed by atoms with E-state index < -0.39 is 17.5 Å². The Morgan fingerprint density at radius 1 is 1.20 bits per heavy atom. The maximum Gasteiger partial charge on any atom is 0.161 e. The molecule has 112 valence electrons. The third-order valence-corrected chi connectivity index (χ3v) is 4.05. The van der Waals surface area contributed by atoms with E-state index in [-0.39, 0.29) is 23.6 Å². The highest BCUT2D eigenvalue weighted by Gasteiger charge is 2.38. The molecule has 2 nitrogen and oxygen atoms in total. The normalized spacial score (nSPS) is 23.8. The summed E-state index contributed by atoms with van der Waals surface area (Å²) in [7, 11) is 1.84. The summed E-state index contributed by atoms with van der Waals surface area (Å²) in [5.74, 6) is -2.59. The van der Waals surface area contributed by atoms with Gasteiger partial charge in [-0.1, -0.05) is 0 Å². The second-order valence-corrected chi connectivity index (χ2v) is 5.67. The van der Waals surface area contributed by atoms with Gasteiger partial charge in [-0.2, -0.15) is 0 Å². The van der Waals surface area contributed by atoms with Gasteiger partial charge in [0.15, 0.2) is 11.6 Å². The van der Waals surface area contributed by atoms with Crippen LogP contribution in [0.3, 0.4) is 0 Å². The lowest BCUT2D eigenvalue weighted by Crippen LogP contribution is -2.34. The average molecular weight is 286 g/mol. The van der Waals surface area contributed by atoms with E-state index in [0.29, 0.717) is 6.07 Å². The van der Waals surface area contributed by atoms with Gasteiger partial charge in [-0.15, -0.1) is 0 Å². The van der Waals surface area contributed by atoms with Crippen LogP contribution < -0.4 is 5.32 Å². The largest absolute Gasteiger partial charge is 0.319 e. The Labute approximate surface area is 118 Å². The number of likely N-dealkylation sites (tertiary alicyclic amines) is 1. The van der Waals surface area contributed by atoms with E-state index in [1.807, 2.05) is 20.9 Å². The van der Waals surface area contributed by atoms with Crippen LogP contribution in [0, 0.1) is 23.4 Å². The Bertz CT molecular complexity index is 476. The number of halogens is 3. The first kappa shape index (κ1) is 15.3. The molecule has 1 aromatic rings. The molecule has 20 heavy (non-hydrogen) atoms. The predicted molar refractivity (Wildman–Crippen MR) is 72.9 cm³/mol. The van der Waals surface area contributed by atoms with Crippen molar-refractivity contribution < 1.29 is 13.2 Å². The molecule has 0 spiro atoms. The minimum Gasteiger partial charge on any atom is -0.319 e. The second kappa shape index (κ2) is 6.14. The SMILES string of the molecule is CNCC1CCN(C(C)C)C1c1cc(F)c(F)cc1F. The molecular formula is C15H21F3N2. The maximum absolute atomic E-state index is 14.1. The zero-order valence-electron chi connectivity index (χ0n) is 12.1. The van der Waals surface area contributed by atoms with Crippen LogP contribution in [0.1, 0.15) is 31.9 Å². The summed E-state index contributed by atoms with van der Waals surface area (Å²) < 4.78 is 40.7. The first-order valence-electron chi connectivity index (χ1n) is 7.00. The summed E-state index contributed by atoms with van der Waals surface area (Å²) in [4.78, 5) is 2.15. The molecule has 1 heterocycles. The standard InChI is InChI=1S/C15H21F3N2/c1-9(2)20-5-4-10(8-19-3)15(20)11-6-13(17)14(18)7-12(11)16/h6-7,9-10,15,19H,4-5,8H2,1-3H3. The molecule has 1 aromatic carbocycles. The van der Waals surface area contributed by atoms with Crippen molar-refractivity contribution in [3.63, 3.8) is 0 Å². The topological polar surface area (TPSA) is 15.3 Å². The lowest BCUT2D eigenvalue weighted by molar-refractivity contribution is 0.178. The molecule has 0 aliphatic carbocycles. The third-order valence-electron chi connectivity index (χ3n) is 4.05. The molecule has 0 saturated carbocycles. The highest BCUT2D eigenvalue weighted by atomic mass is 19.2. The quantitative estimate of drug-likeness (QED) is 0.856. The van der Waals surface area contributed by atoms with Gasteiger partial charge < -0.3 is 5.32 Å². The molecule has 1 N–H and O–H groups in total. The molecule has 1 saturated heterocycles. The highest BCUT2D eigenvalue weighted by molar-refractivity contribution is 5.25. The van der Waals surface area contributed by atoms with Crippen molar-refractivity contribution in [2.75, 3.05) is 20.1 Å². The lowest BCUT2D eigenvalue weighted by atomic mass is 9.92. The van der Waals surface area contributed by atoms with Crippen molar-refractivity contribution in [2.45, 2.75) is 32.4 Å². The zero-order valence-corrected chi connectivity index (χ0v) is 12.1. The van der Waals surface area contributed by atoms with Gasteiger partial charge in [-0.25, -0.2) is 13.2 Å². The van der Waals surface area contributed by atoms with Crippen molar-refractivity contribution in [2.24, 2.45) is 5.92 Å². The van der Waals surface area contributed by atoms with Gasteiger partial charge in [0, 0.05) is 23.7 Å². The van der Waals surface area contributed by atoms with Crippen LogP contribution in [0.2, 0.25) is 0 Å². The number of hydrogen-bond donors (Lipinski definition) is 1. The van der Waals surface area contributed by atoms with Crippen LogP contribution in [0.5, 0.6) is 0 Å². The minimum absolute atomic E-state index is 0.196. The monoisotopic (exact) mass is 286 g/mol. The summed E-state index contributed by atoms with van der Waals surface area (Å²) in [5.41, 5.74) is 0.260. The van der Waals surface area contributed by atoms with Gasteiger partial charge >= 0.3 is 0 Å². The van der Waals surface area contributed by atoms with Gasteiger partial charge in [0.1, 0.15) is 5.82 Å². The van der Waals surface area contributed by atoms with E-state index in [1.54, 1.807) is 0 Å². The Morgan fingerprint density at radius 2 is 1.85 bits per heavy atom. The summed E-state index contributed by atoms with van der Waals surface area (Å²) in [6.45, 7) is 5.64. The van der Waals surface area contributed by atoms with Gasteiger partial charge in [-0.05, 0) is 52.4 Å². The highest BCUT2D eigenvalue weighted by Crippen LogP contribution is 2.39. The zero-order chi connectivity index (χ0) is 14.9. The Morgan fingerprint density at radius 3 is 2.45 bits per heavy atom. The molecule has 0 radical (unpaired) electrons. The first-order chi connectivity index (χ1) is 9.45. The second-order valence-electron chi connectivity index (χ2n) is 5.67. The molecule has 0 aromatic heterocycles. The van der Waals surface area contributed by atoms with E-state index >= 15 is 0 Å². The van der Waals surface area contributed by atoms with Crippen LogP contribution in [0.4, 0.5) is 13.2 Å². The third kappa shape index (κ3) is 2.83. The number of rotatable bonds is 4. The van der Waals surface area contributed by atoms with Crippen molar-refractivity contribution in [3.8, 4) is 0 Å². The molecular weight excluding hydrogens is 265 g/mol. The molecule has 1 fully saturated rings. The summed E-state index contributed by atoms with van der Waals surface area (Å²) in [6.07, 6.45) is 0.919. The van der Waals surface area contributed by atoms with Crippen molar-refractivity contribution in [1.29, 1.82) is 0 Å². The van der Waals surface area contributed by atoms with Crippen molar-refractivity contribution in [3.05, 3.63) is 35.1 Å². The van der Waals surface area contributed by atoms with E-state index in [0.717, 1.165) is 25.6 Å². The number of nitrogens with one attached hydrogen (secondary N) is 1. The number of hydrogen-bond acceptors (Lipinski definition) is 2. The molecule has 0 amide bonds. The molecule has 2 rings (SSSR count). The van der Waals surface area contributed by atoms with Crippen LogP contribution in [-0.4, -0.2) is 31.1 Å². The fraction of sp³-hybridized carbons (Fsp3) is 0.600. The molecule has 2 atom stereocenters. The Balaban J connectivity index is 2.41. The molecule has 2 unspecified atom stereocenters. The first-order valence-corrected chi connectivity index (χ1v) is 7.00. The lowest BCUT2D eigenvalue weighted by Gasteiger charge is -2.32. The fourth-order valence-corrected chi connectivity index (χ4v) is 3.14. The van der Waals surface area contributed by atoms with Crippen molar-refractivity contribution in [1.82, 2.24) is 10.2 Å². The van der Waals surface area contributed by atoms with Crippen LogP contribution in [0.25, 0.3) is 0 Å². The molecule has 1 aliphatic heterocycles. The fourth-order valence-electron chi connectivity index (χ4n) is 3.14. The van der Waals surface area contributed by atoms with Crippen LogP contribution >= 0.6 is 0 Å². The predicted octanol–water partition coefficient (Wildman–Crippen LogP) is 3.09. The maximum atomic E-state index is 14.1. The number of nitrogens with zero attached hydrogens (tertiary/aromatic N) is 1. The van der Waals surface area contributed by atoms with Gasteiger partial charge in [0.25, 0.3) is 0 Å². The van der Waals surface area contributed by atoms with Crippen LogP contribution in [0.15, 0.2) is 12.1 Å². The summed E-state index contributed by atoms with van der Waals surface area (Å²) >= 11 is 0. The molecule has 1 aliphatic rings. The average Bonchev–Trinajstić information content (AvgIpc) is 2.78. The van der Waals surface area contributed by atoms with Crippen molar-refractivity contribution >= 4 is 0 Å². The summed E-state index contributed by atoms with van der Waals surface area (Å²) in [6, 6.07) is 1.68. The van der Waals surface area contributed by atoms with Crippen LogP contribution in [-0.2, 0) is 0 Å². The van der Waals surface area contributed by atoms with E-state index in [2.05, 4.69) is 10.2 Å². The van der Waals surface area contributed by atoms with E-state index in [4.69, 9.17) is 0 Å². The van der Waals surface area contributed by atoms with E-state index in [1.165, 1.54) is 0 Å². The van der Waals surface area contributed by atoms with E-state index in [9.17, 15) is 13.2 Å². The van der Waals surface area contributed by atoms with Gasteiger partial charge in [-0.3, -0.25) is 4.90 Å². The Kier molecular flexibility index (Phi) is 4.70. The minimum atomic E-state index is -1.13. The smallest absolute Gasteiger partial charge is 0.161 e. The van der Waals surface area contributed by atoms with Gasteiger partial charge in [0.05, 0.1) is 0 Å². The Hall–Kier alpha value is -1.07.